The van der Waals surface area contributed by atoms with E-state index in [9.17, 15) is 27.2 Å². The molecule has 2 aromatic heterocycles. The Bertz CT molecular complexity index is 1330. The molecule has 0 unspecified atom stereocenters. The lowest BCUT2D eigenvalue weighted by molar-refractivity contribution is -0.192. The molecule has 4 rings (SSSR count). The number of amides is 1. The third kappa shape index (κ3) is 5.77. The largest absolute Gasteiger partial charge is 0.490 e. The highest BCUT2D eigenvalue weighted by Crippen LogP contribution is 2.27. The van der Waals surface area contributed by atoms with Gasteiger partial charge in [-0.25, -0.2) is 9.18 Å². The topological polar surface area (TPSA) is 121 Å². The number of nitrogens with zero attached hydrogens (tertiary/aromatic N) is 2. The number of nitrogens with two attached hydrogens (primary N) is 1. The van der Waals surface area contributed by atoms with E-state index < -0.39 is 18.0 Å². The third-order valence-corrected chi connectivity index (χ3v) is 6.01. The van der Waals surface area contributed by atoms with Crippen molar-refractivity contribution in [2.45, 2.75) is 12.6 Å². The van der Waals surface area contributed by atoms with Gasteiger partial charge in [-0.1, -0.05) is 29.3 Å². The number of aromatic nitrogens is 2. The molecule has 0 bridgehead atoms. The molecule has 0 spiro atoms. The quantitative estimate of drug-likeness (QED) is 0.441. The van der Waals surface area contributed by atoms with Crippen LogP contribution in [0.25, 0.3) is 5.52 Å². The molecule has 1 aliphatic rings. The van der Waals surface area contributed by atoms with Gasteiger partial charge in [0.05, 0.1) is 10.6 Å². The molecule has 1 aliphatic heterocycles. The number of alkyl halides is 3. The number of carbonyl (C=O) groups is 2. The van der Waals surface area contributed by atoms with Crippen molar-refractivity contribution in [3.63, 3.8) is 0 Å². The lowest BCUT2D eigenvalue weighted by Crippen LogP contribution is -2.52. The van der Waals surface area contributed by atoms with Crippen molar-refractivity contribution in [2.24, 2.45) is 11.7 Å². The number of rotatable bonds is 4. The summed E-state index contributed by atoms with van der Waals surface area (Å²) in [5, 5.41) is 7.62. The van der Waals surface area contributed by atoms with Gasteiger partial charge in [-0.15, -0.1) is 0 Å². The molecule has 14 heteroatoms. The summed E-state index contributed by atoms with van der Waals surface area (Å²) in [5.74, 6) is -3.41. The number of carboxylic acid groups (broad SMARTS) is 1. The number of nitrogens with one attached hydrogen (secondary N) is 1. The number of H-pyrrole nitrogens is 1. The minimum absolute atomic E-state index is 0.0188. The van der Waals surface area contributed by atoms with E-state index in [-0.39, 0.29) is 33.1 Å². The van der Waals surface area contributed by atoms with Gasteiger partial charge in [-0.05, 0) is 30.3 Å². The zero-order valence-electron chi connectivity index (χ0n) is 17.7. The highest BCUT2D eigenvalue weighted by molar-refractivity contribution is 6.42. The molecule has 1 fully saturated rings. The summed E-state index contributed by atoms with van der Waals surface area (Å²) in [6.45, 7) is 1.59. The third-order valence-electron chi connectivity index (χ3n) is 5.25. The Hall–Kier alpha value is -3.09. The van der Waals surface area contributed by atoms with Gasteiger partial charge in [-0.3, -0.25) is 14.0 Å². The van der Waals surface area contributed by atoms with E-state index in [4.69, 9.17) is 38.8 Å². The number of hydrogen-bond donors (Lipinski definition) is 3. The second kappa shape index (κ2) is 10.3. The maximum atomic E-state index is 14.3. The second-order valence-corrected chi connectivity index (χ2v) is 8.48. The fourth-order valence-electron chi connectivity index (χ4n) is 3.43. The van der Waals surface area contributed by atoms with Crippen molar-refractivity contribution in [3.8, 4) is 0 Å². The molecule has 1 aromatic carbocycles. The van der Waals surface area contributed by atoms with Crippen LogP contribution in [-0.4, -0.2) is 57.1 Å². The number of carbonyl (C=O) groups excluding carboxylic acids is 1. The van der Waals surface area contributed by atoms with Crippen LogP contribution in [0.1, 0.15) is 21.6 Å². The number of fused-ring (bicyclic) bond motifs is 1. The summed E-state index contributed by atoms with van der Waals surface area (Å²) >= 11 is 12.3. The molecular weight excluding hydrogens is 519 g/mol. The second-order valence-electron chi connectivity index (χ2n) is 7.72. The normalized spacial score (nSPS) is 13.9. The number of aromatic amines is 1. The van der Waals surface area contributed by atoms with Gasteiger partial charge in [-0.2, -0.15) is 13.2 Å². The Labute approximate surface area is 204 Å². The summed E-state index contributed by atoms with van der Waals surface area (Å²) in [5.41, 5.74) is 6.96. The van der Waals surface area contributed by atoms with Gasteiger partial charge >= 0.3 is 12.1 Å². The van der Waals surface area contributed by atoms with Gasteiger partial charge in [0.15, 0.2) is 0 Å². The first kappa shape index (κ1) is 26.5. The van der Waals surface area contributed by atoms with Crippen LogP contribution in [0.15, 0.2) is 35.3 Å². The van der Waals surface area contributed by atoms with E-state index in [0.717, 1.165) is 0 Å². The molecule has 1 saturated heterocycles. The number of likely N-dealkylation sites (tertiary alicyclic amines) is 1. The Morgan fingerprint density at radius 2 is 1.83 bits per heavy atom. The zero-order valence-corrected chi connectivity index (χ0v) is 19.2. The van der Waals surface area contributed by atoms with Crippen LogP contribution in [0, 0.1) is 11.7 Å². The zero-order chi connectivity index (χ0) is 26.1. The molecule has 3 heterocycles. The maximum Gasteiger partial charge on any atom is 0.490 e. The van der Waals surface area contributed by atoms with E-state index in [1.165, 1.54) is 24.4 Å². The predicted molar refractivity (Wildman–Crippen MR) is 119 cm³/mol. The molecule has 1 amide bonds. The standard InChI is InChI=1S/C19H17Cl2FN4O2.C2HF3O2/c20-14-5-16-18(27)24-7-12(26(16)17(14)21)3-10-1-2-15(22)13(4-10)19(28)25-8-11(6-23)9-25;3-2(4,5)1(6)7/h1-2,4-5,7,11H,3,6,8-9,23H2,(H,24,27);(H,6,7). The lowest BCUT2D eigenvalue weighted by atomic mass is 9.98. The smallest absolute Gasteiger partial charge is 0.475 e. The lowest BCUT2D eigenvalue weighted by Gasteiger charge is -2.38. The van der Waals surface area contributed by atoms with Crippen LogP contribution < -0.4 is 11.3 Å². The Morgan fingerprint density at radius 3 is 2.40 bits per heavy atom. The summed E-state index contributed by atoms with van der Waals surface area (Å²) in [4.78, 5) is 37.7. The van der Waals surface area contributed by atoms with Crippen molar-refractivity contribution in [2.75, 3.05) is 19.6 Å². The van der Waals surface area contributed by atoms with Crippen LogP contribution in [0.5, 0.6) is 0 Å². The monoisotopic (exact) mass is 536 g/mol. The molecule has 0 aliphatic carbocycles. The molecule has 4 N–H and O–H groups in total. The van der Waals surface area contributed by atoms with Gasteiger partial charge in [0.1, 0.15) is 16.5 Å². The SMILES string of the molecule is NCC1CN(C(=O)c2cc(Cc3c[nH]c(=O)c4cc(Cl)c(Cl)n34)ccc2F)C1.O=C(O)C(F)(F)F. The molecule has 35 heavy (non-hydrogen) atoms. The number of halogens is 6. The van der Waals surface area contributed by atoms with E-state index in [1.807, 2.05) is 0 Å². The minimum Gasteiger partial charge on any atom is -0.475 e. The van der Waals surface area contributed by atoms with Crippen LogP contribution in [0.4, 0.5) is 17.6 Å². The molecular formula is C21H18Cl2F4N4O4. The molecule has 0 atom stereocenters. The fourth-order valence-corrected chi connectivity index (χ4v) is 3.87. The number of benzene rings is 1. The maximum absolute atomic E-state index is 14.3. The molecule has 0 saturated carbocycles. The van der Waals surface area contributed by atoms with Gasteiger partial charge in [0.25, 0.3) is 11.5 Å². The van der Waals surface area contributed by atoms with Crippen LogP contribution >= 0.6 is 23.2 Å². The summed E-state index contributed by atoms with van der Waals surface area (Å²) in [6, 6.07) is 5.89. The van der Waals surface area contributed by atoms with Crippen molar-refractivity contribution >= 4 is 40.6 Å². The van der Waals surface area contributed by atoms with Crippen LogP contribution in [0.3, 0.4) is 0 Å². The number of aliphatic carboxylic acids is 1. The number of carboxylic acids is 1. The van der Waals surface area contributed by atoms with Crippen LogP contribution in [0.2, 0.25) is 10.2 Å². The van der Waals surface area contributed by atoms with Gasteiger partial charge < -0.3 is 20.7 Å². The minimum atomic E-state index is -5.08. The van der Waals surface area contributed by atoms with E-state index in [1.54, 1.807) is 15.4 Å². The average molecular weight is 537 g/mol. The summed E-state index contributed by atoms with van der Waals surface area (Å²) in [7, 11) is 0. The number of hydrogen-bond acceptors (Lipinski definition) is 4. The molecule has 8 nitrogen and oxygen atoms in total. The molecule has 188 valence electrons. The first-order chi connectivity index (χ1) is 16.3. The highest BCUT2D eigenvalue weighted by Gasteiger charge is 2.38. The molecule has 3 aromatic rings. The van der Waals surface area contributed by atoms with Crippen molar-refractivity contribution in [1.82, 2.24) is 14.3 Å². The van der Waals surface area contributed by atoms with Gasteiger partial charge in [0.2, 0.25) is 0 Å². The van der Waals surface area contributed by atoms with E-state index in [2.05, 4.69) is 4.98 Å². The van der Waals surface area contributed by atoms with E-state index >= 15 is 0 Å². The Kier molecular flexibility index (Phi) is 7.77. The van der Waals surface area contributed by atoms with Crippen LogP contribution in [-0.2, 0) is 11.2 Å². The Morgan fingerprint density at radius 1 is 1.20 bits per heavy atom. The first-order valence-electron chi connectivity index (χ1n) is 9.98. The predicted octanol–water partition coefficient (Wildman–Crippen LogP) is 3.33. The van der Waals surface area contributed by atoms with Crippen molar-refractivity contribution in [3.05, 3.63) is 73.6 Å². The summed E-state index contributed by atoms with van der Waals surface area (Å²) in [6.07, 6.45) is -3.23. The highest BCUT2D eigenvalue weighted by atomic mass is 35.5. The fraction of sp³-hybridized carbons (Fsp3) is 0.286. The van der Waals surface area contributed by atoms with Gasteiger partial charge in [0, 0.05) is 37.3 Å². The van der Waals surface area contributed by atoms with Crippen molar-refractivity contribution in [1.29, 1.82) is 0 Å². The van der Waals surface area contributed by atoms with E-state index in [0.29, 0.717) is 42.8 Å². The molecule has 0 radical (unpaired) electrons. The average Bonchev–Trinajstić information content (AvgIpc) is 3.06. The Balaban J connectivity index is 0.000000429. The first-order valence-corrected chi connectivity index (χ1v) is 10.7. The van der Waals surface area contributed by atoms with Crippen molar-refractivity contribution < 1.29 is 32.3 Å². The summed E-state index contributed by atoms with van der Waals surface area (Å²) < 4.78 is 47.6.